The molecule has 0 radical (unpaired) electrons. The summed E-state index contributed by atoms with van der Waals surface area (Å²) in [4.78, 5) is 31.2. The van der Waals surface area contributed by atoms with E-state index in [-0.39, 0.29) is 18.9 Å². The summed E-state index contributed by atoms with van der Waals surface area (Å²) in [5.41, 5.74) is 2.04. The first-order valence-electron chi connectivity index (χ1n) is 8.82. The van der Waals surface area contributed by atoms with Crippen LogP contribution in [0.3, 0.4) is 0 Å². The van der Waals surface area contributed by atoms with Crippen LogP contribution in [0.4, 0.5) is 0 Å². The third-order valence-electron chi connectivity index (χ3n) is 4.29. The molecule has 0 atom stereocenters. The van der Waals surface area contributed by atoms with Gasteiger partial charge in [-0.05, 0) is 29.5 Å². The Morgan fingerprint density at radius 1 is 1.21 bits per heavy atom. The van der Waals surface area contributed by atoms with Gasteiger partial charge in [-0.3, -0.25) is 9.59 Å². The van der Waals surface area contributed by atoms with E-state index in [2.05, 4.69) is 10.1 Å². The van der Waals surface area contributed by atoms with Gasteiger partial charge in [0.15, 0.2) is 0 Å². The normalized spacial score (nSPS) is 10.6. The first-order valence-corrected chi connectivity index (χ1v) is 9.70. The van der Waals surface area contributed by atoms with Gasteiger partial charge < -0.3 is 14.2 Å². The molecule has 28 heavy (non-hydrogen) atoms. The highest BCUT2D eigenvalue weighted by Gasteiger charge is 2.20. The number of methoxy groups -OCH3 is 1. The number of amides is 1. The lowest BCUT2D eigenvalue weighted by atomic mass is 10.1. The van der Waals surface area contributed by atoms with Crippen LogP contribution in [0.5, 0.6) is 0 Å². The second kappa shape index (κ2) is 9.27. The second-order valence-electron chi connectivity index (χ2n) is 6.24. The molecule has 7 nitrogen and oxygen atoms in total. The lowest BCUT2D eigenvalue weighted by Gasteiger charge is -2.22. The third-order valence-corrected chi connectivity index (χ3v) is 5.15. The zero-order valence-corrected chi connectivity index (χ0v) is 16.6. The van der Waals surface area contributed by atoms with Gasteiger partial charge in [0.2, 0.25) is 17.6 Å². The van der Waals surface area contributed by atoms with Crippen molar-refractivity contribution in [3.63, 3.8) is 0 Å². The van der Waals surface area contributed by atoms with E-state index < -0.39 is 5.97 Å². The largest absolute Gasteiger partial charge is 0.468 e. The summed E-state index contributed by atoms with van der Waals surface area (Å²) in [7, 11) is 1.31. The average Bonchev–Trinajstić information content (AvgIpc) is 3.38. The van der Waals surface area contributed by atoms with Crippen molar-refractivity contribution in [3.05, 3.63) is 58.8 Å². The minimum absolute atomic E-state index is 0.103. The first kappa shape index (κ1) is 19.8. The van der Waals surface area contributed by atoms with Crippen molar-refractivity contribution >= 4 is 23.2 Å². The van der Waals surface area contributed by atoms with Crippen molar-refractivity contribution in [3.8, 4) is 10.7 Å². The molecular formula is C20H21N3O4S. The lowest BCUT2D eigenvalue weighted by Crippen LogP contribution is -2.36. The molecule has 3 aromatic rings. The molecule has 0 unspecified atom stereocenters. The van der Waals surface area contributed by atoms with Gasteiger partial charge in [0.1, 0.15) is 6.54 Å². The zero-order valence-electron chi connectivity index (χ0n) is 15.8. The van der Waals surface area contributed by atoms with Crippen LogP contribution >= 0.6 is 11.3 Å². The molecule has 146 valence electrons. The van der Waals surface area contributed by atoms with Crippen molar-refractivity contribution in [2.75, 3.05) is 13.7 Å². The summed E-state index contributed by atoms with van der Waals surface area (Å²) in [6.07, 6.45) is 0.470. The van der Waals surface area contributed by atoms with Crippen molar-refractivity contribution < 1.29 is 18.8 Å². The van der Waals surface area contributed by atoms with Gasteiger partial charge in [-0.1, -0.05) is 35.5 Å². The van der Waals surface area contributed by atoms with Gasteiger partial charge in [-0.25, -0.2) is 0 Å². The van der Waals surface area contributed by atoms with Crippen LogP contribution in [0.15, 0.2) is 46.3 Å². The first-order chi connectivity index (χ1) is 13.6. The van der Waals surface area contributed by atoms with Crippen LogP contribution < -0.4 is 0 Å². The predicted molar refractivity (Wildman–Crippen MR) is 105 cm³/mol. The molecule has 0 fully saturated rings. The Hall–Kier alpha value is -3.00. The molecule has 2 heterocycles. The molecule has 0 aliphatic heterocycles. The van der Waals surface area contributed by atoms with Gasteiger partial charge in [-0.2, -0.15) is 4.98 Å². The van der Waals surface area contributed by atoms with Crippen LogP contribution in [0.25, 0.3) is 10.7 Å². The van der Waals surface area contributed by atoms with E-state index in [1.165, 1.54) is 23.3 Å². The van der Waals surface area contributed by atoms with Crippen molar-refractivity contribution in [1.82, 2.24) is 15.0 Å². The van der Waals surface area contributed by atoms with Crippen molar-refractivity contribution in [2.45, 2.75) is 26.3 Å². The SMILES string of the molecule is COC(=O)CN(Cc1ccccc1C)C(=O)CCc1nc(-c2cccs2)no1. The molecule has 8 heteroatoms. The number of aryl methyl sites for hydroxylation is 2. The van der Waals surface area contributed by atoms with E-state index in [0.717, 1.165) is 16.0 Å². The Labute approximate surface area is 166 Å². The highest BCUT2D eigenvalue weighted by molar-refractivity contribution is 7.13. The molecule has 0 N–H and O–H groups in total. The fourth-order valence-electron chi connectivity index (χ4n) is 2.68. The summed E-state index contributed by atoms with van der Waals surface area (Å²) < 4.78 is 9.98. The fourth-order valence-corrected chi connectivity index (χ4v) is 3.33. The number of aromatic nitrogens is 2. The average molecular weight is 399 g/mol. The summed E-state index contributed by atoms with van der Waals surface area (Å²) in [6.45, 7) is 2.21. The predicted octanol–water partition coefficient (Wildman–Crippen LogP) is 3.24. The lowest BCUT2D eigenvalue weighted by molar-refractivity contribution is -0.147. The van der Waals surface area contributed by atoms with Crippen LogP contribution in [-0.2, 0) is 27.3 Å². The van der Waals surface area contributed by atoms with E-state index in [1.54, 1.807) is 0 Å². The summed E-state index contributed by atoms with van der Waals surface area (Å²) >= 11 is 1.52. The highest BCUT2D eigenvalue weighted by atomic mass is 32.1. The van der Waals surface area contributed by atoms with Crippen LogP contribution in [-0.4, -0.2) is 40.6 Å². The minimum atomic E-state index is -0.459. The maximum absolute atomic E-state index is 12.7. The van der Waals surface area contributed by atoms with Crippen molar-refractivity contribution in [1.29, 1.82) is 0 Å². The maximum Gasteiger partial charge on any atom is 0.325 e. The summed E-state index contributed by atoms with van der Waals surface area (Å²) in [6, 6.07) is 11.6. The molecule has 1 aromatic carbocycles. The van der Waals surface area contributed by atoms with Gasteiger partial charge >= 0.3 is 5.97 Å². The maximum atomic E-state index is 12.7. The molecule has 3 rings (SSSR count). The van der Waals surface area contributed by atoms with Crippen LogP contribution in [0.1, 0.15) is 23.4 Å². The summed E-state index contributed by atoms with van der Waals surface area (Å²) in [5, 5.41) is 5.88. The molecular weight excluding hydrogens is 378 g/mol. The number of nitrogens with zero attached hydrogens (tertiary/aromatic N) is 3. The van der Waals surface area contributed by atoms with Gasteiger partial charge in [0.25, 0.3) is 0 Å². The smallest absolute Gasteiger partial charge is 0.325 e. The van der Waals surface area contributed by atoms with Gasteiger partial charge in [-0.15, -0.1) is 11.3 Å². The quantitative estimate of drug-likeness (QED) is 0.541. The van der Waals surface area contributed by atoms with Crippen LogP contribution in [0.2, 0.25) is 0 Å². The Bertz CT molecular complexity index is 937. The Balaban J connectivity index is 1.65. The molecule has 0 spiro atoms. The Morgan fingerprint density at radius 2 is 2.04 bits per heavy atom. The number of rotatable bonds is 8. The second-order valence-corrected chi connectivity index (χ2v) is 7.19. The van der Waals surface area contributed by atoms with Crippen LogP contribution in [0, 0.1) is 6.92 Å². The van der Waals surface area contributed by atoms with Gasteiger partial charge in [0, 0.05) is 19.4 Å². The Morgan fingerprint density at radius 3 is 2.75 bits per heavy atom. The Kier molecular flexibility index (Phi) is 6.54. The van der Waals surface area contributed by atoms with E-state index in [9.17, 15) is 9.59 Å². The van der Waals surface area contributed by atoms with E-state index in [4.69, 9.17) is 9.26 Å². The highest BCUT2D eigenvalue weighted by Crippen LogP contribution is 2.21. The zero-order chi connectivity index (χ0) is 19.9. The fraction of sp³-hybridized carbons (Fsp3) is 0.300. The number of carbonyl (C=O) groups is 2. The van der Waals surface area contributed by atoms with E-state index in [0.29, 0.717) is 24.7 Å². The number of thiophene rings is 1. The number of benzene rings is 1. The van der Waals surface area contributed by atoms with E-state index in [1.807, 2.05) is 48.7 Å². The minimum Gasteiger partial charge on any atom is -0.468 e. The number of carbonyl (C=O) groups excluding carboxylic acids is 2. The summed E-state index contributed by atoms with van der Waals surface area (Å²) in [5.74, 6) is 0.277. The molecule has 0 saturated carbocycles. The molecule has 2 aromatic heterocycles. The molecule has 0 aliphatic carbocycles. The van der Waals surface area contributed by atoms with Crippen molar-refractivity contribution in [2.24, 2.45) is 0 Å². The third kappa shape index (κ3) is 5.04. The molecule has 1 amide bonds. The standard InChI is InChI=1S/C20H21N3O4S/c1-14-6-3-4-7-15(14)12-23(13-19(25)26-2)18(24)10-9-17-21-20(22-27-17)16-8-5-11-28-16/h3-8,11H,9-10,12-13H2,1-2H3. The number of ether oxygens (including phenoxy) is 1. The van der Waals surface area contributed by atoms with Gasteiger partial charge in [0.05, 0.1) is 12.0 Å². The molecule has 0 aliphatic rings. The number of hydrogen-bond acceptors (Lipinski definition) is 7. The number of hydrogen-bond donors (Lipinski definition) is 0. The number of esters is 1. The van der Waals surface area contributed by atoms with E-state index >= 15 is 0 Å². The monoisotopic (exact) mass is 399 g/mol. The topological polar surface area (TPSA) is 85.5 Å². The molecule has 0 saturated heterocycles. The molecule has 0 bridgehead atoms.